The lowest BCUT2D eigenvalue weighted by Crippen LogP contribution is -2.53. The van der Waals surface area contributed by atoms with Crippen LogP contribution in [0.1, 0.15) is 27.0 Å². The lowest BCUT2D eigenvalue weighted by atomic mass is 9.96. The smallest absolute Gasteiger partial charge is 0.459 e. The van der Waals surface area contributed by atoms with Crippen molar-refractivity contribution in [2.75, 3.05) is 12.3 Å². The molecule has 6 unspecified atom stereocenters. The van der Waals surface area contributed by atoms with Crippen molar-refractivity contribution in [3.8, 4) is 5.75 Å². The average molecular weight is 586 g/mol. The molecule has 218 valence electrons. The number of hydrogen-bond acceptors (Lipinski definition) is 12. The number of esters is 1. The molecule has 17 heteroatoms. The summed E-state index contributed by atoms with van der Waals surface area (Å²) in [6.45, 7) is 3.30. The van der Waals surface area contributed by atoms with Crippen molar-refractivity contribution in [1.29, 1.82) is 0 Å². The van der Waals surface area contributed by atoms with Crippen LogP contribution in [0.5, 0.6) is 5.75 Å². The molecule has 2 aromatic heterocycles. The molecule has 1 fully saturated rings. The van der Waals surface area contributed by atoms with Crippen LogP contribution in [0, 0.1) is 0 Å². The number of carbonyl (C=O) groups excluding carboxylic acids is 1. The number of aliphatic hydroxyl groups is 2. The zero-order valence-corrected chi connectivity index (χ0v) is 22.5. The first kappa shape index (κ1) is 29.7. The molecule has 3 heterocycles. The molecule has 4 rings (SSSR count). The Morgan fingerprint density at radius 3 is 2.58 bits per heavy atom. The van der Waals surface area contributed by atoms with Gasteiger partial charge in [-0.25, -0.2) is 28.3 Å². The number of anilines is 1. The Balaban J connectivity index is 1.62. The number of nitrogen functional groups attached to an aromatic ring is 1. The number of imidazole rings is 1. The topological polar surface area (TPSA) is 193 Å². The van der Waals surface area contributed by atoms with Crippen LogP contribution in [0.25, 0.3) is 11.2 Å². The van der Waals surface area contributed by atoms with Crippen LogP contribution in [0.2, 0.25) is 0 Å². The van der Waals surface area contributed by atoms with Gasteiger partial charge in [-0.15, -0.1) is 0 Å². The third-order valence-electron chi connectivity index (χ3n) is 5.97. The maximum absolute atomic E-state index is 14.6. The predicted molar refractivity (Wildman–Crippen MR) is 135 cm³/mol. The van der Waals surface area contributed by atoms with E-state index in [2.05, 4.69) is 20.0 Å². The number of rotatable bonds is 11. The number of para-hydroxylation sites is 1. The Labute approximate surface area is 227 Å². The summed E-state index contributed by atoms with van der Waals surface area (Å²) in [5.74, 6) is -0.780. The normalized spacial score (nSPS) is 25.3. The fourth-order valence-corrected chi connectivity index (χ4v) is 5.50. The minimum Gasteiger partial charge on any atom is -0.462 e. The number of fused-ring (bicyclic) bond motifs is 1. The summed E-state index contributed by atoms with van der Waals surface area (Å²) in [5.41, 5.74) is 3.05. The van der Waals surface area contributed by atoms with Gasteiger partial charge in [0.25, 0.3) is 6.43 Å². The highest BCUT2D eigenvalue weighted by Gasteiger charge is 2.61. The molecule has 0 radical (unpaired) electrons. The minimum absolute atomic E-state index is 0.00423. The van der Waals surface area contributed by atoms with Gasteiger partial charge in [0, 0.05) is 0 Å². The number of ether oxygens (including phenoxy) is 2. The number of nitrogens with one attached hydrogen (secondary N) is 1. The van der Waals surface area contributed by atoms with E-state index in [1.807, 2.05) is 0 Å². The van der Waals surface area contributed by atoms with E-state index in [1.165, 1.54) is 19.1 Å². The second kappa shape index (κ2) is 11.7. The second-order valence-electron chi connectivity index (χ2n) is 9.29. The Morgan fingerprint density at radius 2 is 1.93 bits per heavy atom. The summed E-state index contributed by atoms with van der Waals surface area (Å²) < 4.78 is 65.5. The van der Waals surface area contributed by atoms with Crippen LogP contribution in [0.3, 0.4) is 0 Å². The third kappa shape index (κ3) is 5.92. The van der Waals surface area contributed by atoms with Crippen molar-refractivity contribution in [3.63, 3.8) is 0 Å². The number of nitrogens with two attached hydrogens (primary N) is 1. The van der Waals surface area contributed by atoms with Crippen LogP contribution in [-0.4, -0.2) is 78.7 Å². The number of nitrogens with zero attached hydrogens (tertiary/aromatic N) is 4. The molecule has 1 saturated heterocycles. The molecule has 1 aliphatic heterocycles. The molecule has 14 nitrogen and oxygen atoms in total. The van der Waals surface area contributed by atoms with E-state index in [0.717, 1.165) is 17.2 Å². The van der Waals surface area contributed by atoms with E-state index < -0.39 is 62.9 Å². The van der Waals surface area contributed by atoms with Gasteiger partial charge in [-0.3, -0.25) is 13.9 Å². The summed E-state index contributed by atoms with van der Waals surface area (Å²) in [6, 6.07) is 6.38. The number of hydrogen-bond donors (Lipinski definition) is 4. The van der Waals surface area contributed by atoms with Crippen LogP contribution in [0.4, 0.5) is 14.6 Å². The molecule has 40 heavy (non-hydrogen) atoms. The molecule has 0 aliphatic carbocycles. The lowest BCUT2D eigenvalue weighted by Gasteiger charge is -2.32. The molecule has 5 N–H and O–H groups in total. The summed E-state index contributed by atoms with van der Waals surface area (Å²) in [4.78, 5) is 24.2. The number of benzene rings is 1. The highest BCUT2D eigenvalue weighted by molar-refractivity contribution is 7.52. The SMILES string of the molecule is CC(C)OC(=O)C(C)NP(=O)(OCC1(C(F)F)OC(n2cnc3c(N)ncnc32)C(O)C1O)Oc1ccccc1. The molecule has 1 aliphatic rings. The molecule has 3 aromatic rings. The summed E-state index contributed by atoms with van der Waals surface area (Å²) in [7, 11) is -4.61. The lowest BCUT2D eigenvalue weighted by molar-refractivity contribution is -0.191. The van der Waals surface area contributed by atoms with Crippen molar-refractivity contribution in [2.24, 2.45) is 0 Å². The van der Waals surface area contributed by atoms with E-state index in [0.29, 0.717) is 0 Å². The molecule has 6 atom stereocenters. The summed E-state index contributed by atoms with van der Waals surface area (Å²) in [6.07, 6.45) is -7.48. The third-order valence-corrected chi connectivity index (χ3v) is 7.60. The second-order valence-corrected chi connectivity index (χ2v) is 11.0. The molecule has 0 saturated carbocycles. The van der Waals surface area contributed by atoms with Crippen molar-refractivity contribution >= 4 is 30.7 Å². The molecule has 0 spiro atoms. The first-order chi connectivity index (χ1) is 18.9. The number of aliphatic hydroxyl groups excluding tert-OH is 2. The monoisotopic (exact) mass is 586 g/mol. The Morgan fingerprint density at radius 1 is 1.23 bits per heavy atom. The van der Waals surface area contributed by atoms with E-state index in [4.69, 9.17) is 24.3 Å². The first-order valence-electron chi connectivity index (χ1n) is 12.1. The fraction of sp³-hybridized carbons (Fsp3) is 0.478. The van der Waals surface area contributed by atoms with Crippen molar-refractivity contribution in [2.45, 2.75) is 63.4 Å². The number of carbonyl (C=O) groups is 1. The largest absolute Gasteiger partial charge is 0.462 e. The highest BCUT2D eigenvalue weighted by Crippen LogP contribution is 2.49. The fourth-order valence-electron chi connectivity index (χ4n) is 3.97. The molecule has 1 aromatic carbocycles. The predicted octanol–water partition coefficient (Wildman–Crippen LogP) is 1.80. The summed E-state index contributed by atoms with van der Waals surface area (Å²) in [5, 5.41) is 23.9. The Bertz CT molecular complexity index is 1380. The van der Waals surface area contributed by atoms with E-state index in [9.17, 15) is 28.4 Å². The highest BCUT2D eigenvalue weighted by atomic mass is 31.2. The Hall–Kier alpha value is -3.27. The molecule has 0 bridgehead atoms. The standard InChI is InChI=1S/C23H29F2N6O8P/c1-12(2)37-21(34)13(3)30-40(35,39-14-7-5-4-6-8-14)36-9-23(22(24)25)17(33)16(32)20(38-23)31-11-29-15-18(26)27-10-28-19(15)31/h4-8,10-13,16-17,20,22,32-33H,9H2,1-3H3,(H,30,35)(H2,26,27,28). The Kier molecular flexibility index (Phi) is 8.68. The number of aromatic nitrogens is 4. The summed E-state index contributed by atoms with van der Waals surface area (Å²) >= 11 is 0. The molecule has 0 amide bonds. The van der Waals surface area contributed by atoms with Gasteiger partial charge in [-0.05, 0) is 32.9 Å². The average Bonchev–Trinajstić information content (AvgIpc) is 3.43. The van der Waals surface area contributed by atoms with Crippen molar-refractivity contribution < 1.29 is 46.9 Å². The first-order valence-corrected chi connectivity index (χ1v) is 13.6. The van der Waals surface area contributed by atoms with E-state index in [-0.39, 0.29) is 22.7 Å². The maximum atomic E-state index is 14.6. The van der Waals surface area contributed by atoms with Gasteiger partial charge in [0.05, 0.1) is 19.0 Å². The van der Waals surface area contributed by atoms with Gasteiger partial charge >= 0.3 is 13.7 Å². The van der Waals surface area contributed by atoms with Gasteiger partial charge < -0.3 is 29.9 Å². The van der Waals surface area contributed by atoms with Gasteiger partial charge in [0.2, 0.25) is 0 Å². The van der Waals surface area contributed by atoms with Gasteiger partial charge in [0.15, 0.2) is 23.3 Å². The van der Waals surface area contributed by atoms with E-state index >= 15 is 0 Å². The molecular weight excluding hydrogens is 557 g/mol. The van der Waals surface area contributed by atoms with Crippen LogP contribution in [0.15, 0.2) is 43.0 Å². The van der Waals surface area contributed by atoms with Gasteiger partial charge in [0.1, 0.15) is 35.8 Å². The van der Waals surface area contributed by atoms with Gasteiger partial charge in [-0.2, -0.15) is 5.09 Å². The van der Waals surface area contributed by atoms with Crippen molar-refractivity contribution in [1.82, 2.24) is 24.6 Å². The number of alkyl halides is 2. The quantitative estimate of drug-likeness (QED) is 0.188. The van der Waals surface area contributed by atoms with Crippen LogP contribution >= 0.6 is 7.75 Å². The van der Waals surface area contributed by atoms with E-state index in [1.54, 1.807) is 32.0 Å². The maximum Gasteiger partial charge on any atom is 0.459 e. The number of halogens is 2. The van der Waals surface area contributed by atoms with Crippen LogP contribution < -0.4 is 15.3 Å². The molecular formula is C23H29F2N6O8P. The minimum atomic E-state index is -4.61. The van der Waals surface area contributed by atoms with Crippen molar-refractivity contribution in [3.05, 3.63) is 43.0 Å². The zero-order valence-electron chi connectivity index (χ0n) is 21.6. The van der Waals surface area contributed by atoms with Crippen LogP contribution in [-0.2, 0) is 23.4 Å². The van der Waals surface area contributed by atoms with Gasteiger partial charge in [-0.1, -0.05) is 18.2 Å². The zero-order chi connectivity index (χ0) is 29.2.